The van der Waals surface area contributed by atoms with Gasteiger partial charge in [0, 0.05) is 45.3 Å². The first-order valence-electron chi connectivity index (χ1n) is 7.53. The van der Waals surface area contributed by atoms with Gasteiger partial charge in [0.15, 0.2) is 5.03 Å². The number of hydrogen-bond acceptors (Lipinski definition) is 5. The van der Waals surface area contributed by atoms with Crippen LogP contribution in [0.15, 0.2) is 29.9 Å². The highest BCUT2D eigenvalue weighted by atomic mass is 32.2. The van der Waals surface area contributed by atoms with Crippen molar-refractivity contribution in [2.45, 2.75) is 31.5 Å². The van der Waals surface area contributed by atoms with Crippen molar-refractivity contribution in [2.75, 3.05) is 13.2 Å². The zero-order valence-corrected chi connectivity index (χ0v) is 14.1. The highest BCUT2D eigenvalue weighted by molar-refractivity contribution is 7.89. The fourth-order valence-corrected chi connectivity index (χ4v) is 4.12. The summed E-state index contributed by atoms with van der Waals surface area (Å²) in [5.74, 6) is 0. The lowest BCUT2D eigenvalue weighted by atomic mass is 9.99. The summed E-state index contributed by atoms with van der Waals surface area (Å²) in [7, 11) is -1.82. The Bertz CT molecular complexity index is 801. The zero-order valence-electron chi connectivity index (χ0n) is 13.3. The summed E-state index contributed by atoms with van der Waals surface area (Å²) < 4.78 is 33.9. The van der Waals surface area contributed by atoms with Gasteiger partial charge in [-0.3, -0.25) is 4.98 Å². The Labute approximate surface area is 136 Å². The molecule has 0 radical (unpaired) electrons. The topological polar surface area (TPSA) is 77.3 Å². The summed E-state index contributed by atoms with van der Waals surface area (Å²) in [5.41, 5.74) is 3.13. The van der Waals surface area contributed by atoms with Crippen molar-refractivity contribution in [1.29, 1.82) is 0 Å². The average molecular weight is 336 g/mol. The number of aromatic nitrogens is 3. The first-order valence-corrected chi connectivity index (χ1v) is 8.97. The lowest BCUT2D eigenvalue weighted by Crippen LogP contribution is -2.36. The normalized spacial score (nSPS) is 15.6. The predicted octanol–water partition coefficient (Wildman–Crippen LogP) is 1.10. The van der Waals surface area contributed by atoms with E-state index in [0.717, 1.165) is 16.7 Å². The van der Waals surface area contributed by atoms with Crippen LogP contribution in [0.2, 0.25) is 0 Å². The molecule has 2 aromatic rings. The maximum absolute atomic E-state index is 12.7. The quantitative estimate of drug-likeness (QED) is 0.817. The number of fused-ring (bicyclic) bond motifs is 1. The van der Waals surface area contributed by atoms with E-state index in [1.807, 2.05) is 6.92 Å². The molecular formula is C15H20N4O3S. The van der Waals surface area contributed by atoms with E-state index in [-0.39, 0.29) is 5.03 Å². The Kier molecular flexibility index (Phi) is 4.47. The number of pyridine rings is 1. The summed E-state index contributed by atoms with van der Waals surface area (Å²) in [6.45, 7) is 3.86. The minimum atomic E-state index is -3.57. The third-order valence-electron chi connectivity index (χ3n) is 3.94. The van der Waals surface area contributed by atoms with E-state index in [1.165, 1.54) is 16.8 Å². The highest BCUT2D eigenvalue weighted by Gasteiger charge is 2.30. The molecule has 0 saturated carbocycles. The van der Waals surface area contributed by atoms with E-state index >= 15 is 0 Å². The molecule has 1 aliphatic heterocycles. The molecule has 0 bridgehead atoms. The fourth-order valence-electron chi connectivity index (χ4n) is 2.74. The van der Waals surface area contributed by atoms with Crippen LogP contribution in [0.3, 0.4) is 0 Å². The Morgan fingerprint density at radius 1 is 1.35 bits per heavy atom. The summed E-state index contributed by atoms with van der Waals surface area (Å²) >= 11 is 0. The fraction of sp³-hybridized carbons (Fsp3) is 0.467. The van der Waals surface area contributed by atoms with Crippen molar-refractivity contribution >= 4 is 10.0 Å². The Hall–Kier alpha value is -1.77. The molecular weight excluding hydrogens is 316 g/mol. The molecule has 23 heavy (non-hydrogen) atoms. The predicted molar refractivity (Wildman–Crippen MR) is 84.1 cm³/mol. The van der Waals surface area contributed by atoms with Crippen LogP contribution in [0.25, 0.3) is 0 Å². The SMILES string of the molecule is CCOCc1cncc2c1CCN(S(=O)(=O)c1cn(C)cn1)C2. The summed E-state index contributed by atoms with van der Waals surface area (Å²) in [4.78, 5) is 8.20. The molecule has 3 heterocycles. The van der Waals surface area contributed by atoms with E-state index in [9.17, 15) is 8.42 Å². The number of sulfonamides is 1. The van der Waals surface area contributed by atoms with Crippen LogP contribution in [-0.4, -0.2) is 40.4 Å². The van der Waals surface area contributed by atoms with Gasteiger partial charge in [-0.1, -0.05) is 0 Å². The molecule has 0 unspecified atom stereocenters. The van der Waals surface area contributed by atoms with Crippen LogP contribution in [0, 0.1) is 0 Å². The Morgan fingerprint density at radius 3 is 2.87 bits per heavy atom. The van der Waals surface area contributed by atoms with Gasteiger partial charge in [-0.05, 0) is 30.0 Å². The molecule has 0 fully saturated rings. The van der Waals surface area contributed by atoms with Crippen LogP contribution in [-0.2, 0) is 41.4 Å². The molecule has 0 aromatic carbocycles. The van der Waals surface area contributed by atoms with Gasteiger partial charge in [0.1, 0.15) is 0 Å². The smallest absolute Gasteiger partial charge is 0.262 e. The molecule has 0 N–H and O–H groups in total. The average Bonchev–Trinajstić information content (AvgIpc) is 2.99. The molecule has 0 saturated heterocycles. The lowest BCUT2D eigenvalue weighted by molar-refractivity contribution is 0.133. The third kappa shape index (κ3) is 3.15. The van der Waals surface area contributed by atoms with Crippen LogP contribution in [0.4, 0.5) is 0 Å². The number of ether oxygens (including phenoxy) is 1. The van der Waals surface area contributed by atoms with Crippen molar-refractivity contribution < 1.29 is 13.2 Å². The first kappa shape index (κ1) is 16.1. The van der Waals surface area contributed by atoms with Gasteiger partial charge >= 0.3 is 0 Å². The summed E-state index contributed by atoms with van der Waals surface area (Å²) in [6.07, 6.45) is 7.22. The van der Waals surface area contributed by atoms with Gasteiger partial charge in [0.25, 0.3) is 10.0 Å². The van der Waals surface area contributed by atoms with Gasteiger partial charge in [0.2, 0.25) is 0 Å². The minimum absolute atomic E-state index is 0.0851. The second kappa shape index (κ2) is 6.38. The second-order valence-corrected chi connectivity index (χ2v) is 7.42. The molecule has 2 aromatic heterocycles. The maximum Gasteiger partial charge on any atom is 0.262 e. The molecule has 0 atom stereocenters. The molecule has 124 valence electrons. The number of nitrogens with zero attached hydrogens (tertiary/aromatic N) is 4. The molecule has 0 aliphatic carbocycles. The lowest BCUT2D eigenvalue weighted by Gasteiger charge is -2.28. The largest absolute Gasteiger partial charge is 0.377 e. The highest BCUT2D eigenvalue weighted by Crippen LogP contribution is 2.26. The van der Waals surface area contributed by atoms with Gasteiger partial charge in [-0.15, -0.1) is 0 Å². The number of rotatable bonds is 5. The standard InChI is InChI=1S/C15H20N4O3S/c1-3-22-10-13-7-16-6-12-8-19(5-4-14(12)13)23(20,21)15-9-18(2)11-17-15/h6-7,9,11H,3-5,8,10H2,1-2H3. The van der Waals surface area contributed by atoms with Crippen molar-refractivity contribution in [3.05, 3.63) is 41.6 Å². The van der Waals surface area contributed by atoms with Crippen LogP contribution in [0.5, 0.6) is 0 Å². The molecule has 1 aliphatic rings. The monoisotopic (exact) mass is 336 g/mol. The Morgan fingerprint density at radius 2 is 2.17 bits per heavy atom. The van der Waals surface area contributed by atoms with Crippen molar-refractivity contribution in [2.24, 2.45) is 7.05 Å². The van der Waals surface area contributed by atoms with Crippen LogP contribution in [0.1, 0.15) is 23.6 Å². The van der Waals surface area contributed by atoms with Gasteiger partial charge in [0.05, 0.1) is 12.9 Å². The minimum Gasteiger partial charge on any atom is -0.377 e. The van der Waals surface area contributed by atoms with Crippen molar-refractivity contribution in [1.82, 2.24) is 18.8 Å². The van der Waals surface area contributed by atoms with Gasteiger partial charge < -0.3 is 9.30 Å². The van der Waals surface area contributed by atoms with E-state index in [4.69, 9.17) is 4.74 Å². The van der Waals surface area contributed by atoms with Crippen molar-refractivity contribution in [3.8, 4) is 0 Å². The van der Waals surface area contributed by atoms with Gasteiger partial charge in [-0.25, -0.2) is 13.4 Å². The molecule has 3 rings (SSSR count). The molecule has 7 nitrogen and oxygen atoms in total. The van der Waals surface area contributed by atoms with Crippen LogP contribution < -0.4 is 0 Å². The van der Waals surface area contributed by atoms with Crippen LogP contribution >= 0.6 is 0 Å². The molecule has 0 spiro atoms. The van der Waals surface area contributed by atoms with Gasteiger partial charge in [-0.2, -0.15) is 4.31 Å². The molecule has 8 heteroatoms. The number of imidazole rings is 1. The van der Waals surface area contributed by atoms with E-state index in [2.05, 4.69) is 9.97 Å². The zero-order chi connectivity index (χ0) is 16.4. The molecule has 0 amide bonds. The second-order valence-electron chi connectivity index (χ2n) is 5.54. The maximum atomic E-state index is 12.7. The van der Waals surface area contributed by atoms with Crippen molar-refractivity contribution in [3.63, 3.8) is 0 Å². The number of hydrogen-bond donors (Lipinski definition) is 0. The van der Waals surface area contributed by atoms with E-state index in [1.54, 1.807) is 24.0 Å². The first-order chi connectivity index (χ1) is 11.0. The summed E-state index contributed by atoms with van der Waals surface area (Å²) in [5, 5.41) is 0.0851. The van der Waals surface area contributed by atoms with E-state index in [0.29, 0.717) is 32.7 Å². The summed E-state index contributed by atoms with van der Waals surface area (Å²) in [6, 6.07) is 0. The number of aryl methyl sites for hydroxylation is 1. The van der Waals surface area contributed by atoms with E-state index < -0.39 is 10.0 Å². The Balaban J connectivity index is 1.86. The third-order valence-corrected chi connectivity index (χ3v) is 5.67.